The predicted molar refractivity (Wildman–Crippen MR) is 150 cm³/mol. The molecule has 0 fully saturated rings. The van der Waals surface area contributed by atoms with E-state index < -0.39 is 0 Å². The molecule has 0 aromatic heterocycles. The Bertz CT molecular complexity index is 865. The normalized spacial score (nSPS) is 13.2. The van der Waals surface area contributed by atoms with E-state index in [9.17, 15) is 4.79 Å². The van der Waals surface area contributed by atoms with Gasteiger partial charge in [0.25, 0.3) is 0 Å². The van der Waals surface area contributed by atoms with Gasteiger partial charge in [0.05, 0.1) is 33.4 Å². The van der Waals surface area contributed by atoms with Crippen molar-refractivity contribution in [2.75, 3.05) is 27.2 Å². The van der Waals surface area contributed by atoms with E-state index in [1.807, 2.05) is 12.1 Å². The van der Waals surface area contributed by atoms with Crippen molar-refractivity contribution in [3.8, 4) is 5.75 Å². The Balaban J connectivity index is 1.76. The maximum absolute atomic E-state index is 12.8. The fourth-order valence-corrected chi connectivity index (χ4v) is 4.75. The van der Waals surface area contributed by atoms with E-state index in [0.717, 1.165) is 36.2 Å². The number of unbranched alkanes of at least 4 members (excludes halogenated alkanes) is 5. The van der Waals surface area contributed by atoms with Gasteiger partial charge in [0.2, 0.25) is 0 Å². The van der Waals surface area contributed by atoms with Crippen molar-refractivity contribution >= 4 is 5.97 Å². The lowest BCUT2D eigenvalue weighted by atomic mass is 10.0. The number of rotatable bonds is 18. The minimum Gasteiger partial charge on any atom is -0.490 e. The summed E-state index contributed by atoms with van der Waals surface area (Å²) in [5, 5.41) is 0. The van der Waals surface area contributed by atoms with Crippen molar-refractivity contribution in [2.45, 2.75) is 91.2 Å². The average molecular weight is 497 g/mol. The van der Waals surface area contributed by atoms with Crippen LogP contribution in [0.5, 0.6) is 5.75 Å². The summed E-state index contributed by atoms with van der Waals surface area (Å²) in [6.45, 7) is 8.44. The van der Waals surface area contributed by atoms with Crippen LogP contribution in [0.25, 0.3) is 0 Å². The molecule has 0 N–H and O–H groups in total. The highest BCUT2D eigenvalue weighted by Gasteiger charge is 2.28. The second-order valence-corrected chi connectivity index (χ2v) is 10.9. The third kappa shape index (κ3) is 11.6. The zero-order valence-corrected chi connectivity index (χ0v) is 23.5. The molecule has 2 atom stereocenters. The molecule has 0 saturated carbocycles. The Labute approximate surface area is 220 Å². The van der Waals surface area contributed by atoms with Gasteiger partial charge in [0.1, 0.15) is 18.2 Å². The summed E-state index contributed by atoms with van der Waals surface area (Å²) in [6, 6.07) is 18.8. The molecule has 0 aliphatic heterocycles. The molecule has 4 nitrogen and oxygen atoms in total. The first-order chi connectivity index (χ1) is 17.3. The molecule has 2 aromatic carbocycles. The Morgan fingerprint density at radius 1 is 0.889 bits per heavy atom. The first-order valence-electron chi connectivity index (χ1n) is 14.1. The summed E-state index contributed by atoms with van der Waals surface area (Å²) in [5.74, 6) is 0.779. The van der Waals surface area contributed by atoms with E-state index in [4.69, 9.17) is 9.47 Å². The van der Waals surface area contributed by atoms with E-state index in [2.05, 4.69) is 77.3 Å². The second kappa shape index (κ2) is 16.4. The van der Waals surface area contributed by atoms with Gasteiger partial charge < -0.3 is 14.0 Å². The fourth-order valence-electron chi connectivity index (χ4n) is 4.75. The molecule has 2 unspecified atom stereocenters. The molecular formula is C32H50NO3+. The highest BCUT2D eigenvalue weighted by Crippen LogP contribution is 2.23. The Morgan fingerprint density at radius 2 is 1.56 bits per heavy atom. The molecule has 0 aliphatic rings. The van der Waals surface area contributed by atoms with Gasteiger partial charge in [-0.05, 0) is 37.8 Å². The number of aryl methyl sites for hydroxylation is 1. The molecule has 200 valence electrons. The largest absolute Gasteiger partial charge is 0.490 e. The van der Waals surface area contributed by atoms with Crippen LogP contribution in [-0.4, -0.2) is 43.8 Å². The highest BCUT2D eigenvalue weighted by atomic mass is 16.5. The van der Waals surface area contributed by atoms with Crippen molar-refractivity contribution in [1.29, 1.82) is 0 Å². The summed E-state index contributed by atoms with van der Waals surface area (Å²) >= 11 is 0. The van der Waals surface area contributed by atoms with Crippen molar-refractivity contribution in [2.24, 2.45) is 5.92 Å². The van der Waals surface area contributed by atoms with Crippen LogP contribution in [-0.2, 0) is 22.5 Å². The number of carbonyl (C=O) groups excluding carboxylic acids is 1. The number of quaternary nitrogens is 1. The number of esters is 1. The summed E-state index contributed by atoms with van der Waals surface area (Å²) < 4.78 is 12.7. The van der Waals surface area contributed by atoms with Gasteiger partial charge >= 0.3 is 5.97 Å². The topological polar surface area (TPSA) is 35.5 Å². The van der Waals surface area contributed by atoms with E-state index in [1.165, 1.54) is 49.7 Å². The zero-order chi connectivity index (χ0) is 26.2. The SMILES string of the molecule is CCCCCCCCc1ccccc1OC(C)CCOC(=O)C(CC)C[N+](C)(C)Cc1ccccc1. The smallest absolute Gasteiger partial charge is 0.314 e. The van der Waals surface area contributed by atoms with Gasteiger partial charge in [0, 0.05) is 12.0 Å². The highest BCUT2D eigenvalue weighted by molar-refractivity contribution is 5.72. The van der Waals surface area contributed by atoms with Crippen molar-refractivity contribution in [1.82, 2.24) is 0 Å². The van der Waals surface area contributed by atoms with Crippen LogP contribution < -0.4 is 4.74 Å². The van der Waals surface area contributed by atoms with Gasteiger partial charge in [-0.3, -0.25) is 4.79 Å². The van der Waals surface area contributed by atoms with E-state index in [0.29, 0.717) is 13.0 Å². The van der Waals surface area contributed by atoms with Gasteiger partial charge in [-0.1, -0.05) is 94.5 Å². The Hall–Kier alpha value is -2.33. The maximum atomic E-state index is 12.8. The maximum Gasteiger partial charge on any atom is 0.314 e. The molecule has 36 heavy (non-hydrogen) atoms. The van der Waals surface area contributed by atoms with Gasteiger partial charge in [-0.25, -0.2) is 0 Å². The van der Waals surface area contributed by atoms with Crippen molar-refractivity contribution < 1.29 is 18.8 Å². The van der Waals surface area contributed by atoms with E-state index in [-0.39, 0.29) is 18.0 Å². The number of hydrogen-bond acceptors (Lipinski definition) is 3. The van der Waals surface area contributed by atoms with Gasteiger partial charge in [0.15, 0.2) is 0 Å². The molecule has 0 amide bonds. The van der Waals surface area contributed by atoms with Crippen LogP contribution in [0.15, 0.2) is 54.6 Å². The van der Waals surface area contributed by atoms with Crippen LogP contribution in [0.3, 0.4) is 0 Å². The number of benzene rings is 2. The van der Waals surface area contributed by atoms with Crippen LogP contribution in [0.4, 0.5) is 0 Å². The lowest BCUT2D eigenvalue weighted by Gasteiger charge is -2.32. The lowest BCUT2D eigenvalue weighted by molar-refractivity contribution is -0.906. The van der Waals surface area contributed by atoms with E-state index in [1.54, 1.807) is 0 Å². The molecule has 2 rings (SSSR count). The van der Waals surface area contributed by atoms with Gasteiger partial charge in [-0.2, -0.15) is 0 Å². The average Bonchev–Trinajstić information content (AvgIpc) is 2.86. The fraction of sp³-hybridized carbons (Fsp3) is 0.594. The number of para-hydroxylation sites is 1. The van der Waals surface area contributed by atoms with Crippen LogP contribution >= 0.6 is 0 Å². The van der Waals surface area contributed by atoms with Crippen LogP contribution in [0, 0.1) is 5.92 Å². The molecule has 0 aliphatic carbocycles. The standard InChI is InChI=1S/C32H50NO3/c1-6-8-9-10-11-15-20-30-21-16-17-22-31(30)36-27(3)23-24-35-32(34)29(7-2)26-33(4,5)25-28-18-13-12-14-19-28/h12-14,16-19,21-22,27,29H,6-11,15,20,23-26H2,1-5H3/q+1. The molecule has 0 spiro atoms. The van der Waals surface area contributed by atoms with Gasteiger partial charge in [-0.15, -0.1) is 0 Å². The molecule has 0 heterocycles. The predicted octanol–water partition coefficient (Wildman–Crippen LogP) is 7.59. The third-order valence-corrected chi connectivity index (χ3v) is 6.86. The number of ether oxygens (including phenoxy) is 2. The summed E-state index contributed by atoms with van der Waals surface area (Å²) in [4.78, 5) is 12.8. The number of carbonyl (C=O) groups is 1. The quantitative estimate of drug-likeness (QED) is 0.121. The molecule has 0 bridgehead atoms. The minimum absolute atomic E-state index is 0.00566. The van der Waals surface area contributed by atoms with Crippen LogP contribution in [0.1, 0.15) is 83.3 Å². The van der Waals surface area contributed by atoms with Crippen molar-refractivity contribution in [3.63, 3.8) is 0 Å². The second-order valence-electron chi connectivity index (χ2n) is 10.9. The number of hydrogen-bond donors (Lipinski definition) is 0. The zero-order valence-electron chi connectivity index (χ0n) is 23.5. The molecular weight excluding hydrogens is 446 g/mol. The first kappa shape index (κ1) is 29.9. The molecule has 0 saturated heterocycles. The summed E-state index contributed by atoms with van der Waals surface area (Å²) in [6.07, 6.45) is 10.3. The van der Waals surface area contributed by atoms with E-state index >= 15 is 0 Å². The first-order valence-corrected chi connectivity index (χ1v) is 14.1. The summed E-state index contributed by atoms with van der Waals surface area (Å²) in [5.41, 5.74) is 2.56. The molecule has 0 radical (unpaired) electrons. The molecule has 2 aromatic rings. The number of nitrogens with zero attached hydrogens (tertiary/aromatic N) is 1. The molecule has 4 heteroatoms. The Morgan fingerprint density at radius 3 is 2.28 bits per heavy atom. The minimum atomic E-state index is -0.0991. The van der Waals surface area contributed by atoms with Crippen molar-refractivity contribution in [3.05, 3.63) is 65.7 Å². The van der Waals surface area contributed by atoms with Crippen LogP contribution in [0.2, 0.25) is 0 Å². The Kier molecular flexibility index (Phi) is 13.6. The summed E-state index contributed by atoms with van der Waals surface area (Å²) in [7, 11) is 4.36. The lowest BCUT2D eigenvalue weighted by Crippen LogP contribution is -2.44. The third-order valence-electron chi connectivity index (χ3n) is 6.86. The monoisotopic (exact) mass is 496 g/mol.